The minimum Gasteiger partial charge on any atom is -0.391 e. The van der Waals surface area contributed by atoms with Crippen LogP contribution in [0.2, 0.25) is 10.0 Å². The van der Waals surface area contributed by atoms with Crippen molar-refractivity contribution in [2.45, 2.75) is 36.3 Å². The highest BCUT2D eigenvalue weighted by Crippen LogP contribution is 2.38. The first kappa shape index (κ1) is 18.6. The molecule has 25 heavy (non-hydrogen) atoms. The van der Waals surface area contributed by atoms with E-state index in [9.17, 15) is 5.11 Å². The van der Waals surface area contributed by atoms with Crippen molar-refractivity contribution in [2.24, 2.45) is 5.41 Å². The van der Waals surface area contributed by atoms with E-state index in [-0.39, 0.29) is 5.41 Å². The zero-order chi connectivity index (χ0) is 18.2. The molecule has 2 heterocycles. The maximum Gasteiger partial charge on any atom is 0.158 e. The Kier molecular flexibility index (Phi) is 5.34. The highest BCUT2D eigenvalue weighted by Gasteiger charge is 2.34. The van der Waals surface area contributed by atoms with Gasteiger partial charge in [0.25, 0.3) is 0 Å². The largest absolute Gasteiger partial charge is 0.391 e. The SMILES string of the molecule is CC1(C)CCN(c2cnc(Sc3cccc(Cl)c3Cl)c(N)n2)C[C@H]1O. The fourth-order valence-corrected chi connectivity index (χ4v) is 3.91. The molecule has 5 nitrogen and oxygen atoms in total. The summed E-state index contributed by atoms with van der Waals surface area (Å²) in [5, 5.41) is 11.8. The monoisotopic (exact) mass is 398 g/mol. The lowest BCUT2D eigenvalue weighted by molar-refractivity contribution is 0.0349. The molecule has 1 aliphatic heterocycles. The summed E-state index contributed by atoms with van der Waals surface area (Å²) in [5.74, 6) is 1.01. The van der Waals surface area contributed by atoms with Gasteiger partial charge in [-0.05, 0) is 24.0 Å². The lowest BCUT2D eigenvalue weighted by atomic mass is 9.80. The van der Waals surface area contributed by atoms with Crippen molar-refractivity contribution in [3.8, 4) is 0 Å². The first-order chi connectivity index (χ1) is 11.8. The second kappa shape index (κ2) is 7.19. The van der Waals surface area contributed by atoms with Crippen molar-refractivity contribution in [1.82, 2.24) is 9.97 Å². The number of nitrogen functional groups attached to an aromatic ring is 1. The molecule has 1 aromatic heterocycles. The lowest BCUT2D eigenvalue weighted by Crippen LogP contribution is -2.48. The van der Waals surface area contributed by atoms with Crippen molar-refractivity contribution in [1.29, 1.82) is 0 Å². The number of rotatable bonds is 3. The number of aliphatic hydroxyl groups excluding tert-OH is 1. The van der Waals surface area contributed by atoms with Crippen molar-refractivity contribution in [3.63, 3.8) is 0 Å². The normalized spacial score (nSPS) is 19.9. The molecular formula is C17H20Cl2N4OS. The molecule has 1 aromatic carbocycles. The number of halogens is 2. The average molecular weight is 399 g/mol. The van der Waals surface area contributed by atoms with E-state index >= 15 is 0 Å². The van der Waals surface area contributed by atoms with Crippen molar-refractivity contribution >= 4 is 46.6 Å². The van der Waals surface area contributed by atoms with E-state index in [0.29, 0.717) is 33.3 Å². The zero-order valence-electron chi connectivity index (χ0n) is 14.0. The third-order valence-corrected chi connectivity index (χ3v) is 6.52. The van der Waals surface area contributed by atoms with E-state index in [4.69, 9.17) is 28.9 Å². The van der Waals surface area contributed by atoms with Crippen LogP contribution >= 0.6 is 35.0 Å². The van der Waals surface area contributed by atoms with Crippen LogP contribution in [0.15, 0.2) is 34.3 Å². The van der Waals surface area contributed by atoms with Gasteiger partial charge in [0.1, 0.15) is 10.8 Å². The molecule has 0 amide bonds. The minimum atomic E-state index is -0.413. The predicted molar refractivity (Wildman–Crippen MR) is 104 cm³/mol. The summed E-state index contributed by atoms with van der Waals surface area (Å²) >= 11 is 13.6. The third kappa shape index (κ3) is 3.97. The number of piperidine rings is 1. The van der Waals surface area contributed by atoms with Gasteiger partial charge in [0.2, 0.25) is 0 Å². The number of benzene rings is 1. The van der Waals surface area contributed by atoms with E-state index in [2.05, 4.69) is 23.8 Å². The molecule has 1 saturated heterocycles. The molecule has 0 unspecified atom stereocenters. The van der Waals surface area contributed by atoms with Crippen LogP contribution in [0.4, 0.5) is 11.6 Å². The van der Waals surface area contributed by atoms with E-state index in [1.165, 1.54) is 11.8 Å². The first-order valence-corrected chi connectivity index (χ1v) is 9.52. The molecule has 0 bridgehead atoms. The summed E-state index contributed by atoms with van der Waals surface area (Å²) in [7, 11) is 0. The first-order valence-electron chi connectivity index (χ1n) is 7.95. The Morgan fingerprint density at radius 2 is 2.12 bits per heavy atom. The Hall–Kier alpha value is -1.21. The topological polar surface area (TPSA) is 75.3 Å². The molecule has 0 saturated carbocycles. The molecule has 1 atom stereocenters. The second-order valence-corrected chi connectivity index (χ2v) is 8.59. The van der Waals surface area contributed by atoms with Crippen molar-refractivity contribution in [3.05, 3.63) is 34.4 Å². The summed E-state index contributed by atoms with van der Waals surface area (Å²) in [5.41, 5.74) is 6.00. The number of aromatic nitrogens is 2. The van der Waals surface area contributed by atoms with Gasteiger partial charge in [0.15, 0.2) is 5.82 Å². The summed E-state index contributed by atoms with van der Waals surface area (Å²) < 4.78 is 0. The van der Waals surface area contributed by atoms with Crippen LogP contribution in [-0.4, -0.2) is 34.3 Å². The van der Waals surface area contributed by atoms with Gasteiger partial charge in [-0.1, -0.05) is 54.9 Å². The number of aliphatic hydroxyl groups is 1. The average Bonchev–Trinajstić information content (AvgIpc) is 2.56. The molecule has 8 heteroatoms. The number of nitrogens with two attached hydrogens (primary N) is 1. The van der Waals surface area contributed by atoms with Gasteiger partial charge in [0, 0.05) is 18.0 Å². The molecular weight excluding hydrogens is 379 g/mol. The summed E-state index contributed by atoms with van der Waals surface area (Å²) in [6.07, 6.45) is 2.15. The highest BCUT2D eigenvalue weighted by molar-refractivity contribution is 7.99. The number of nitrogens with zero attached hydrogens (tertiary/aromatic N) is 3. The summed E-state index contributed by atoms with van der Waals surface area (Å²) in [6, 6.07) is 5.41. The maximum absolute atomic E-state index is 10.3. The fraction of sp³-hybridized carbons (Fsp3) is 0.412. The molecule has 2 aromatic rings. The number of β-amino-alcohol motifs (C(OH)–C–C–N with tert-alkyl or cyclic N) is 1. The van der Waals surface area contributed by atoms with E-state index in [1.54, 1.807) is 12.3 Å². The molecule has 1 aliphatic rings. The van der Waals surface area contributed by atoms with Crippen LogP contribution in [0.1, 0.15) is 20.3 Å². The van der Waals surface area contributed by atoms with Crippen LogP contribution in [0.3, 0.4) is 0 Å². The Morgan fingerprint density at radius 1 is 1.36 bits per heavy atom. The zero-order valence-corrected chi connectivity index (χ0v) is 16.4. The Morgan fingerprint density at radius 3 is 2.80 bits per heavy atom. The van der Waals surface area contributed by atoms with Gasteiger partial charge in [-0.25, -0.2) is 9.97 Å². The van der Waals surface area contributed by atoms with Gasteiger partial charge in [-0.15, -0.1) is 0 Å². The predicted octanol–water partition coefficient (Wildman–Crippen LogP) is 4.11. The minimum absolute atomic E-state index is 0.0887. The van der Waals surface area contributed by atoms with Crippen molar-refractivity contribution in [2.75, 3.05) is 23.7 Å². The summed E-state index contributed by atoms with van der Waals surface area (Å²) in [4.78, 5) is 11.7. The van der Waals surface area contributed by atoms with Gasteiger partial charge >= 0.3 is 0 Å². The third-order valence-electron chi connectivity index (χ3n) is 4.52. The number of hydrogen-bond donors (Lipinski definition) is 2. The fourth-order valence-electron chi connectivity index (χ4n) is 2.63. The summed E-state index contributed by atoms with van der Waals surface area (Å²) in [6.45, 7) is 5.48. The van der Waals surface area contributed by atoms with Gasteiger partial charge < -0.3 is 15.7 Å². The Balaban J connectivity index is 1.79. The molecule has 3 rings (SSSR count). The quantitative estimate of drug-likeness (QED) is 0.809. The molecule has 134 valence electrons. The van der Waals surface area contributed by atoms with Crippen LogP contribution < -0.4 is 10.6 Å². The number of hydrogen-bond acceptors (Lipinski definition) is 6. The smallest absolute Gasteiger partial charge is 0.158 e. The molecule has 0 radical (unpaired) electrons. The molecule has 0 aliphatic carbocycles. The van der Waals surface area contributed by atoms with Crippen LogP contribution in [0.25, 0.3) is 0 Å². The maximum atomic E-state index is 10.3. The van der Waals surface area contributed by atoms with E-state index < -0.39 is 6.10 Å². The lowest BCUT2D eigenvalue weighted by Gasteiger charge is -2.41. The standard InChI is InChI=1S/C17H20Cl2N4OS/c1-17(2)6-7-23(9-12(17)24)13-8-21-16(15(20)22-13)25-11-5-3-4-10(18)14(11)19/h3-5,8,12,24H,6-7,9H2,1-2H3,(H2,20,22)/t12-/m1/s1. The van der Waals surface area contributed by atoms with E-state index in [0.717, 1.165) is 17.9 Å². The second-order valence-electron chi connectivity index (χ2n) is 6.77. The van der Waals surface area contributed by atoms with Crippen molar-refractivity contribution < 1.29 is 5.11 Å². The van der Waals surface area contributed by atoms with Crippen LogP contribution in [0, 0.1) is 5.41 Å². The van der Waals surface area contributed by atoms with Crippen LogP contribution in [-0.2, 0) is 0 Å². The number of anilines is 2. The van der Waals surface area contributed by atoms with Gasteiger partial charge in [-0.3, -0.25) is 0 Å². The molecule has 0 spiro atoms. The highest BCUT2D eigenvalue weighted by atomic mass is 35.5. The Labute approximate surface area is 161 Å². The molecule has 3 N–H and O–H groups in total. The van der Waals surface area contributed by atoms with Crippen LogP contribution in [0.5, 0.6) is 0 Å². The molecule has 1 fully saturated rings. The Bertz CT molecular complexity index is 787. The van der Waals surface area contributed by atoms with E-state index in [1.807, 2.05) is 17.0 Å². The van der Waals surface area contributed by atoms with Gasteiger partial charge in [-0.2, -0.15) is 0 Å². The van der Waals surface area contributed by atoms with Gasteiger partial charge in [0.05, 0.1) is 22.3 Å².